The normalized spacial score (nSPS) is 11.2. The maximum absolute atomic E-state index is 13.5. The molecule has 36 heavy (non-hydrogen) atoms. The second kappa shape index (κ2) is 9.99. The van der Waals surface area contributed by atoms with Crippen molar-refractivity contribution in [3.8, 4) is 5.75 Å². The fourth-order valence-corrected chi connectivity index (χ4v) is 4.23. The second-order valence-corrected chi connectivity index (χ2v) is 8.26. The molecule has 0 aliphatic carbocycles. The Bertz CT molecular complexity index is 1630. The van der Waals surface area contributed by atoms with Crippen molar-refractivity contribution in [2.24, 2.45) is 0 Å². The number of halogens is 1. The summed E-state index contributed by atoms with van der Waals surface area (Å²) in [4.78, 5) is 30.4. The summed E-state index contributed by atoms with van der Waals surface area (Å²) >= 11 is 0. The maximum Gasteiger partial charge on any atom is 0.264 e. The van der Waals surface area contributed by atoms with Crippen molar-refractivity contribution in [3.63, 3.8) is 0 Å². The lowest BCUT2D eigenvalue weighted by Gasteiger charge is -2.13. The minimum atomic E-state index is -0.360. The lowest BCUT2D eigenvalue weighted by molar-refractivity contribution is 0.0950. The van der Waals surface area contributed by atoms with E-state index in [1.54, 1.807) is 22.9 Å². The van der Waals surface area contributed by atoms with Crippen LogP contribution in [0.15, 0.2) is 78.0 Å². The van der Waals surface area contributed by atoms with Gasteiger partial charge in [0.15, 0.2) is 5.65 Å². The number of hydrogen-bond donors (Lipinski definition) is 1. The fraction of sp³-hybridized carbons (Fsp3) is 0.185. The zero-order valence-electron chi connectivity index (χ0n) is 19.6. The van der Waals surface area contributed by atoms with Gasteiger partial charge in [-0.25, -0.2) is 14.1 Å². The van der Waals surface area contributed by atoms with Gasteiger partial charge in [0.2, 0.25) is 0 Å². The van der Waals surface area contributed by atoms with E-state index in [4.69, 9.17) is 4.74 Å². The highest BCUT2D eigenvalue weighted by Crippen LogP contribution is 2.28. The lowest BCUT2D eigenvalue weighted by atomic mass is 10.0. The molecule has 0 fully saturated rings. The Morgan fingerprint density at radius 3 is 2.78 bits per heavy atom. The third-order valence-electron chi connectivity index (χ3n) is 5.89. The molecule has 1 amide bonds. The van der Waals surface area contributed by atoms with Gasteiger partial charge in [-0.3, -0.25) is 14.2 Å². The standard InChI is InChI=1S/C27H24FN5O3/c1-2-36-23-11-10-19-7-3-4-9-21(19)24(23)26(34)29-12-13-33-25-22(15-31-33)27(35)32(17-30-25)16-18-6-5-8-20(28)14-18/h3-11,14-15,17H,2,12-13,16H2,1H3,(H,29,34). The topological polar surface area (TPSA) is 91.0 Å². The van der Waals surface area contributed by atoms with Crippen molar-refractivity contribution in [1.29, 1.82) is 0 Å². The number of nitrogens with one attached hydrogen (secondary N) is 1. The van der Waals surface area contributed by atoms with E-state index in [0.717, 1.165) is 10.8 Å². The van der Waals surface area contributed by atoms with Crippen LogP contribution in [0.2, 0.25) is 0 Å². The van der Waals surface area contributed by atoms with Crippen LogP contribution in [0.25, 0.3) is 21.8 Å². The molecule has 0 aliphatic heterocycles. The monoisotopic (exact) mass is 485 g/mol. The van der Waals surface area contributed by atoms with Crippen molar-refractivity contribution in [2.45, 2.75) is 20.0 Å². The van der Waals surface area contributed by atoms with E-state index < -0.39 is 0 Å². The number of aromatic nitrogens is 4. The molecular weight excluding hydrogens is 461 g/mol. The molecule has 0 spiro atoms. The molecule has 0 aliphatic rings. The number of rotatable bonds is 8. The first kappa shape index (κ1) is 23.2. The van der Waals surface area contributed by atoms with Crippen LogP contribution in [-0.2, 0) is 13.1 Å². The summed E-state index contributed by atoms with van der Waals surface area (Å²) in [6, 6.07) is 17.5. The summed E-state index contributed by atoms with van der Waals surface area (Å²) in [5, 5.41) is 9.33. The molecule has 9 heteroatoms. The molecule has 0 saturated heterocycles. The molecule has 0 radical (unpaired) electrons. The van der Waals surface area contributed by atoms with E-state index in [-0.39, 0.29) is 30.4 Å². The summed E-state index contributed by atoms with van der Waals surface area (Å²) in [5.74, 6) is -0.0859. The van der Waals surface area contributed by atoms with E-state index in [9.17, 15) is 14.0 Å². The molecule has 1 N–H and O–H groups in total. The summed E-state index contributed by atoms with van der Waals surface area (Å²) < 4.78 is 22.2. The molecule has 2 aromatic heterocycles. The van der Waals surface area contributed by atoms with Crippen molar-refractivity contribution in [1.82, 2.24) is 24.6 Å². The van der Waals surface area contributed by atoms with E-state index in [2.05, 4.69) is 15.4 Å². The Balaban J connectivity index is 1.32. The van der Waals surface area contributed by atoms with E-state index in [0.29, 0.717) is 41.1 Å². The summed E-state index contributed by atoms with van der Waals surface area (Å²) in [7, 11) is 0. The van der Waals surface area contributed by atoms with Crippen LogP contribution in [0, 0.1) is 5.82 Å². The summed E-state index contributed by atoms with van der Waals surface area (Å²) in [5.41, 5.74) is 1.30. The van der Waals surface area contributed by atoms with E-state index in [1.165, 1.54) is 29.2 Å². The van der Waals surface area contributed by atoms with Gasteiger partial charge < -0.3 is 10.1 Å². The van der Waals surface area contributed by atoms with Crippen LogP contribution in [0.3, 0.4) is 0 Å². The zero-order valence-corrected chi connectivity index (χ0v) is 19.6. The number of ether oxygens (including phenoxy) is 1. The Kier molecular flexibility index (Phi) is 6.44. The van der Waals surface area contributed by atoms with Gasteiger partial charge in [0.1, 0.15) is 23.3 Å². The van der Waals surface area contributed by atoms with Crippen LogP contribution < -0.4 is 15.6 Å². The summed E-state index contributed by atoms with van der Waals surface area (Å²) in [6.45, 7) is 3.12. The van der Waals surface area contributed by atoms with Crippen LogP contribution in [0.1, 0.15) is 22.8 Å². The van der Waals surface area contributed by atoms with Crippen molar-refractivity contribution < 1.29 is 13.9 Å². The molecule has 0 unspecified atom stereocenters. The SMILES string of the molecule is CCOc1ccc2ccccc2c1C(=O)NCCn1ncc2c(=O)n(Cc3cccc(F)c3)cnc21. The Morgan fingerprint density at radius 1 is 1.08 bits per heavy atom. The minimum absolute atomic E-state index is 0.202. The largest absolute Gasteiger partial charge is 0.493 e. The van der Waals surface area contributed by atoms with Crippen LogP contribution in [-0.4, -0.2) is 38.4 Å². The number of benzene rings is 3. The Morgan fingerprint density at radius 2 is 1.94 bits per heavy atom. The number of fused-ring (bicyclic) bond motifs is 2. The second-order valence-electron chi connectivity index (χ2n) is 8.26. The highest BCUT2D eigenvalue weighted by Gasteiger charge is 2.17. The molecule has 3 aromatic carbocycles. The molecule has 5 rings (SSSR count). The maximum atomic E-state index is 13.5. The van der Waals surface area contributed by atoms with E-state index in [1.807, 2.05) is 37.3 Å². The third-order valence-corrected chi connectivity index (χ3v) is 5.89. The zero-order chi connectivity index (χ0) is 25.1. The van der Waals surface area contributed by atoms with Crippen LogP contribution >= 0.6 is 0 Å². The first-order valence-corrected chi connectivity index (χ1v) is 11.6. The van der Waals surface area contributed by atoms with Gasteiger partial charge in [-0.05, 0) is 41.5 Å². The van der Waals surface area contributed by atoms with Crippen molar-refractivity contribution in [2.75, 3.05) is 13.2 Å². The molecule has 182 valence electrons. The van der Waals surface area contributed by atoms with Gasteiger partial charge >= 0.3 is 0 Å². The van der Waals surface area contributed by atoms with Gasteiger partial charge in [0.25, 0.3) is 11.5 Å². The third kappa shape index (κ3) is 4.55. The molecule has 0 bridgehead atoms. The fourth-order valence-electron chi connectivity index (χ4n) is 4.23. The molecular formula is C27H24FN5O3. The molecule has 8 nitrogen and oxygen atoms in total. The predicted molar refractivity (Wildman–Crippen MR) is 135 cm³/mol. The van der Waals surface area contributed by atoms with Gasteiger partial charge in [0.05, 0.1) is 31.5 Å². The summed E-state index contributed by atoms with van der Waals surface area (Å²) in [6.07, 6.45) is 2.89. The van der Waals surface area contributed by atoms with Crippen LogP contribution in [0.5, 0.6) is 5.75 Å². The van der Waals surface area contributed by atoms with Crippen molar-refractivity contribution >= 4 is 27.7 Å². The molecule has 2 heterocycles. The quantitative estimate of drug-likeness (QED) is 0.361. The highest BCUT2D eigenvalue weighted by molar-refractivity contribution is 6.09. The number of carbonyl (C=O) groups excluding carboxylic acids is 1. The van der Waals surface area contributed by atoms with E-state index >= 15 is 0 Å². The molecule has 0 saturated carbocycles. The average molecular weight is 486 g/mol. The lowest BCUT2D eigenvalue weighted by Crippen LogP contribution is -2.28. The van der Waals surface area contributed by atoms with Gasteiger partial charge in [-0.15, -0.1) is 0 Å². The number of amides is 1. The Hall–Kier alpha value is -4.53. The minimum Gasteiger partial charge on any atom is -0.493 e. The highest BCUT2D eigenvalue weighted by atomic mass is 19.1. The number of carbonyl (C=O) groups is 1. The smallest absolute Gasteiger partial charge is 0.264 e. The molecule has 0 atom stereocenters. The van der Waals surface area contributed by atoms with Gasteiger partial charge in [-0.2, -0.15) is 5.10 Å². The Labute approximate surface area is 206 Å². The predicted octanol–water partition coefficient (Wildman–Crippen LogP) is 3.76. The molecule has 5 aromatic rings. The van der Waals surface area contributed by atoms with Gasteiger partial charge in [0, 0.05) is 6.54 Å². The number of hydrogen-bond acceptors (Lipinski definition) is 5. The van der Waals surface area contributed by atoms with Gasteiger partial charge in [-0.1, -0.05) is 42.5 Å². The average Bonchev–Trinajstić information content (AvgIpc) is 3.29. The van der Waals surface area contributed by atoms with Crippen molar-refractivity contribution in [3.05, 3.63) is 100 Å². The first-order chi connectivity index (χ1) is 17.5. The first-order valence-electron chi connectivity index (χ1n) is 11.6. The van der Waals surface area contributed by atoms with Crippen LogP contribution in [0.4, 0.5) is 4.39 Å². The number of nitrogens with zero attached hydrogens (tertiary/aromatic N) is 4.